The molecule has 7 heteroatoms. The van der Waals surface area contributed by atoms with Gasteiger partial charge in [0.25, 0.3) is 10.1 Å². The first kappa shape index (κ1) is 28.5. The second-order valence-electron chi connectivity index (χ2n) is 10.9. The molecule has 210 valence electrons. The van der Waals surface area contributed by atoms with Gasteiger partial charge in [-0.2, -0.15) is 8.42 Å². The van der Waals surface area contributed by atoms with Crippen LogP contribution >= 0.6 is 0 Å². The van der Waals surface area contributed by atoms with Crippen LogP contribution < -0.4 is 0 Å². The Balaban J connectivity index is 1.60. The lowest BCUT2D eigenvalue weighted by Gasteiger charge is -2.43. The summed E-state index contributed by atoms with van der Waals surface area (Å²) in [5.74, 6) is -0.774. The van der Waals surface area contributed by atoms with E-state index in [0.717, 1.165) is 28.5 Å². The van der Waals surface area contributed by atoms with Gasteiger partial charge in [0.15, 0.2) is 0 Å². The largest absolute Gasteiger partial charge is 0.274 e. The van der Waals surface area contributed by atoms with Gasteiger partial charge in [0.2, 0.25) is 11.8 Å². The average Bonchev–Trinajstić information content (AvgIpc) is 3.22. The summed E-state index contributed by atoms with van der Waals surface area (Å²) in [5.41, 5.74) is 1.88. The Bertz CT molecular complexity index is 1540. The van der Waals surface area contributed by atoms with Gasteiger partial charge in [-0.05, 0) is 40.7 Å². The summed E-state index contributed by atoms with van der Waals surface area (Å²) < 4.78 is 27.7. The summed E-state index contributed by atoms with van der Waals surface area (Å²) in [7, 11) is -3.56. The topological polar surface area (TPSA) is 80.8 Å². The maximum atomic E-state index is 14.7. The van der Waals surface area contributed by atoms with Crippen LogP contribution in [0.5, 0.6) is 0 Å². The normalized spacial score (nSPS) is 18.5. The molecule has 1 heterocycles. The van der Waals surface area contributed by atoms with Gasteiger partial charge in [-0.1, -0.05) is 122 Å². The predicted molar refractivity (Wildman–Crippen MR) is 158 cm³/mol. The van der Waals surface area contributed by atoms with E-state index in [1.54, 1.807) is 12.1 Å². The number of hydrogen-bond donors (Lipinski definition) is 0. The Labute approximate surface area is 241 Å². The molecule has 0 radical (unpaired) electrons. The van der Waals surface area contributed by atoms with Crippen molar-refractivity contribution in [1.29, 1.82) is 0 Å². The molecule has 0 spiro atoms. The molecule has 1 fully saturated rings. The number of nitrogens with zero attached hydrogens (tertiary/aromatic N) is 1. The zero-order valence-electron chi connectivity index (χ0n) is 23.4. The number of likely N-dealkylation sites (tertiary alicyclic amines) is 1. The quantitative estimate of drug-likeness (QED) is 0.140. The molecule has 0 N–H and O–H groups in total. The van der Waals surface area contributed by atoms with Crippen molar-refractivity contribution in [1.82, 2.24) is 4.90 Å². The molecule has 1 aliphatic heterocycles. The van der Waals surface area contributed by atoms with Crippen LogP contribution in [0.2, 0.25) is 0 Å². The minimum Gasteiger partial charge on any atom is -0.274 e. The molecule has 41 heavy (non-hydrogen) atoms. The lowest BCUT2D eigenvalue weighted by atomic mass is 9.72. The molecular formula is C34H33NO5S. The highest BCUT2D eigenvalue weighted by Crippen LogP contribution is 2.52. The van der Waals surface area contributed by atoms with Crippen LogP contribution in [0, 0.1) is 5.41 Å². The maximum absolute atomic E-state index is 14.7. The lowest BCUT2D eigenvalue weighted by Crippen LogP contribution is -2.52. The van der Waals surface area contributed by atoms with E-state index in [0.29, 0.717) is 5.56 Å². The van der Waals surface area contributed by atoms with Gasteiger partial charge in [0, 0.05) is 6.42 Å². The third-order valence-corrected chi connectivity index (χ3v) is 8.79. The fourth-order valence-corrected chi connectivity index (χ4v) is 6.24. The molecule has 4 aromatic rings. The van der Waals surface area contributed by atoms with Crippen LogP contribution in [0.4, 0.5) is 0 Å². The zero-order valence-corrected chi connectivity index (χ0v) is 24.2. The summed E-state index contributed by atoms with van der Waals surface area (Å²) in [6, 6.07) is 36.5. The van der Waals surface area contributed by atoms with Crippen molar-refractivity contribution >= 4 is 21.9 Å². The number of imide groups is 1. The molecule has 2 atom stereocenters. The molecule has 4 aromatic carbocycles. The van der Waals surface area contributed by atoms with Gasteiger partial charge >= 0.3 is 0 Å². The van der Waals surface area contributed by atoms with E-state index in [9.17, 15) is 18.0 Å². The Kier molecular flexibility index (Phi) is 7.68. The van der Waals surface area contributed by atoms with Gasteiger partial charge < -0.3 is 0 Å². The zero-order chi connectivity index (χ0) is 29.3. The average molecular weight is 568 g/mol. The van der Waals surface area contributed by atoms with Crippen molar-refractivity contribution in [3.63, 3.8) is 0 Å². The minimum absolute atomic E-state index is 0.0557. The van der Waals surface area contributed by atoms with E-state index in [-0.39, 0.29) is 30.8 Å². The van der Waals surface area contributed by atoms with Gasteiger partial charge in [0.05, 0.1) is 18.3 Å². The summed E-state index contributed by atoms with van der Waals surface area (Å²) in [6.45, 7) is 3.76. The Morgan fingerprint density at radius 3 is 1.63 bits per heavy atom. The summed E-state index contributed by atoms with van der Waals surface area (Å²) >= 11 is 0. The van der Waals surface area contributed by atoms with Crippen molar-refractivity contribution < 1.29 is 22.2 Å². The molecule has 1 unspecified atom stereocenters. The first-order chi connectivity index (χ1) is 19.6. The molecular weight excluding hydrogens is 534 g/mol. The summed E-state index contributed by atoms with van der Waals surface area (Å²) in [6.07, 6.45) is 1.07. The van der Waals surface area contributed by atoms with Crippen LogP contribution in [0.15, 0.2) is 115 Å². The van der Waals surface area contributed by atoms with Crippen molar-refractivity contribution in [2.75, 3.05) is 6.26 Å². The number of carbonyl (C=O) groups is 2. The fraction of sp³-hybridized carbons (Fsp3) is 0.235. The van der Waals surface area contributed by atoms with Crippen LogP contribution in [-0.2, 0) is 36.0 Å². The van der Waals surface area contributed by atoms with E-state index < -0.39 is 21.1 Å². The smallest absolute Gasteiger partial charge is 0.264 e. The van der Waals surface area contributed by atoms with Crippen LogP contribution in [0.3, 0.4) is 0 Å². The first-order valence-electron chi connectivity index (χ1n) is 13.5. The second-order valence-corrected chi connectivity index (χ2v) is 12.5. The molecule has 1 aliphatic rings. The predicted octanol–water partition coefficient (Wildman–Crippen LogP) is 6.02. The standard InChI is InChI=1S/C34H33NO5S/c1-25(27-21-19-26(20-22-27)24-40-41(3,38)39)33(2)23-31(36)35(32(33)37)34(28-13-7-4-8-14-28,29-15-9-5-10-16-29)30-17-11-6-12-18-30/h4-22,25H,23-24H2,1-3H3/t25?,33-/m0/s1. The van der Waals surface area contributed by atoms with Gasteiger partial charge in [-0.3, -0.25) is 18.7 Å². The van der Waals surface area contributed by atoms with E-state index >= 15 is 0 Å². The van der Waals surface area contributed by atoms with E-state index in [4.69, 9.17) is 4.18 Å². The van der Waals surface area contributed by atoms with E-state index in [1.165, 1.54) is 4.90 Å². The number of carbonyl (C=O) groups excluding carboxylic acids is 2. The first-order valence-corrected chi connectivity index (χ1v) is 15.4. The molecule has 0 saturated carbocycles. The molecule has 0 aliphatic carbocycles. The maximum Gasteiger partial charge on any atom is 0.264 e. The monoisotopic (exact) mass is 567 g/mol. The number of hydrogen-bond acceptors (Lipinski definition) is 5. The van der Waals surface area contributed by atoms with Crippen molar-refractivity contribution in [3.8, 4) is 0 Å². The van der Waals surface area contributed by atoms with E-state index in [1.807, 2.05) is 117 Å². The lowest BCUT2D eigenvalue weighted by molar-refractivity contribution is -0.146. The number of rotatable bonds is 9. The molecule has 0 bridgehead atoms. The summed E-state index contributed by atoms with van der Waals surface area (Å²) in [5, 5.41) is 0. The highest BCUT2D eigenvalue weighted by molar-refractivity contribution is 7.85. The minimum atomic E-state index is -3.56. The van der Waals surface area contributed by atoms with Gasteiger partial charge in [-0.25, -0.2) is 0 Å². The van der Waals surface area contributed by atoms with Gasteiger partial charge in [0.1, 0.15) is 5.54 Å². The molecule has 2 amide bonds. The fourth-order valence-electron chi connectivity index (χ4n) is 5.89. The van der Waals surface area contributed by atoms with E-state index in [2.05, 4.69) is 0 Å². The highest BCUT2D eigenvalue weighted by atomic mass is 32.2. The van der Waals surface area contributed by atoms with Crippen LogP contribution in [0.25, 0.3) is 0 Å². The van der Waals surface area contributed by atoms with Crippen molar-refractivity contribution in [2.24, 2.45) is 5.41 Å². The molecule has 5 rings (SSSR count). The summed E-state index contributed by atoms with van der Waals surface area (Å²) in [4.78, 5) is 30.4. The second kappa shape index (κ2) is 11.1. The Morgan fingerprint density at radius 1 is 0.780 bits per heavy atom. The van der Waals surface area contributed by atoms with Crippen LogP contribution in [-0.4, -0.2) is 31.4 Å². The Hall–Kier alpha value is -4.07. The van der Waals surface area contributed by atoms with Crippen molar-refractivity contribution in [3.05, 3.63) is 143 Å². The third-order valence-electron chi connectivity index (χ3n) is 8.24. The number of benzene rings is 4. The number of amides is 2. The molecule has 1 saturated heterocycles. The molecule has 0 aromatic heterocycles. The van der Waals surface area contributed by atoms with Crippen molar-refractivity contribution in [2.45, 2.75) is 38.3 Å². The SMILES string of the molecule is CC(c1ccc(COS(C)(=O)=O)cc1)[C@]1(C)CC(=O)N(C(c2ccccc2)(c2ccccc2)c2ccccc2)C1=O. The highest BCUT2D eigenvalue weighted by Gasteiger charge is 2.59. The molecule has 6 nitrogen and oxygen atoms in total. The van der Waals surface area contributed by atoms with Crippen LogP contribution in [0.1, 0.15) is 54.0 Å². The third kappa shape index (κ3) is 5.23. The van der Waals surface area contributed by atoms with Gasteiger partial charge in [-0.15, -0.1) is 0 Å². The Morgan fingerprint density at radius 2 is 1.22 bits per heavy atom.